The van der Waals surface area contributed by atoms with Gasteiger partial charge in [-0.1, -0.05) is 38.3 Å². The van der Waals surface area contributed by atoms with E-state index < -0.39 is 0 Å². The number of nitrogens with one attached hydrogen (secondary N) is 1. The summed E-state index contributed by atoms with van der Waals surface area (Å²) in [7, 11) is 3.85. The van der Waals surface area contributed by atoms with Crippen molar-refractivity contribution in [2.45, 2.75) is 51.5 Å². The third kappa shape index (κ3) is 3.99. The molecule has 0 aromatic heterocycles. The Morgan fingerprint density at radius 3 is 2.90 bits per heavy atom. The van der Waals surface area contributed by atoms with Crippen LogP contribution in [0.3, 0.4) is 0 Å². The van der Waals surface area contributed by atoms with E-state index in [4.69, 9.17) is 4.74 Å². The Balaban J connectivity index is 2.00. The second kappa shape index (κ2) is 7.68. The van der Waals surface area contributed by atoms with Crippen LogP contribution in [0.1, 0.15) is 44.6 Å². The predicted octanol–water partition coefficient (Wildman–Crippen LogP) is 4.04. The summed E-state index contributed by atoms with van der Waals surface area (Å²) in [5.74, 6) is 2.73. The average molecular weight is 275 g/mol. The van der Waals surface area contributed by atoms with Gasteiger partial charge in [0, 0.05) is 6.04 Å². The van der Waals surface area contributed by atoms with Crippen LogP contribution in [0.25, 0.3) is 0 Å². The van der Waals surface area contributed by atoms with Gasteiger partial charge in [0.05, 0.1) is 7.11 Å². The van der Waals surface area contributed by atoms with Crippen LogP contribution >= 0.6 is 0 Å². The van der Waals surface area contributed by atoms with Gasteiger partial charge < -0.3 is 10.1 Å². The van der Waals surface area contributed by atoms with Crippen LogP contribution in [0.15, 0.2) is 24.3 Å². The summed E-state index contributed by atoms with van der Waals surface area (Å²) in [6.07, 6.45) is 8.06. The average Bonchev–Trinajstić information content (AvgIpc) is 2.52. The molecule has 3 unspecified atom stereocenters. The highest BCUT2D eigenvalue weighted by atomic mass is 16.5. The molecule has 3 atom stereocenters. The van der Waals surface area contributed by atoms with Crippen LogP contribution in [0.2, 0.25) is 0 Å². The molecule has 1 aliphatic rings. The Kier molecular flexibility index (Phi) is 5.90. The van der Waals surface area contributed by atoms with E-state index in [2.05, 4.69) is 37.5 Å². The predicted molar refractivity (Wildman–Crippen MR) is 85.3 cm³/mol. The van der Waals surface area contributed by atoms with Crippen molar-refractivity contribution >= 4 is 0 Å². The molecular formula is C18H29NO. The number of ether oxygens (including phenoxy) is 1. The quantitative estimate of drug-likeness (QED) is 0.846. The minimum atomic E-state index is 0.594. The maximum atomic E-state index is 5.33. The van der Waals surface area contributed by atoms with Gasteiger partial charge in [-0.15, -0.1) is 0 Å². The van der Waals surface area contributed by atoms with Gasteiger partial charge in [-0.2, -0.15) is 0 Å². The number of methoxy groups -OCH3 is 1. The SMILES string of the molecule is CCC1CCCC(C(Cc2cccc(OC)c2)NC)C1. The minimum Gasteiger partial charge on any atom is -0.497 e. The molecule has 1 N–H and O–H groups in total. The van der Waals surface area contributed by atoms with E-state index in [-0.39, 0.29) is 0 Å². The summed E-state index contributed by atoms with van der Waals surface area (Å²) in [6, 6.07) is 9.09. The fourth-order valence-electron chi connectivity index (χ4n) is 3.63. The summed E-state index contributed by atoms with van der Waals surface area (Å²) in [5.41, 5.74) is 1.38. The van der Waals surface area contributed by atoms with E-state index in [9.17, 15) is 0 Å². The number of hydrogen-bond donors (Lipinski definition) is 1. The summed E-state index contributed by atoms with van der Waals surface area (Å²) < 4.78 is 5.33. The Hall–Kier alpha value is -1.02. The minimum absolute atomic E-state index is 0.594. The fourth-order valence-corrected chi connectivity index (χ4v) is 3.63. The van der Waals surface area contributed by atoms with Crippen LogP contribution in [0.5, 0.6) is 5.75 Å². The van der Waals surface area contributed by atoms with E-state index in [0.717, 1.165) is 24.0 Å². The molecule has 0 bridgehead atoms. The molecule has 1 fully saturated rings. The summed E-state index contributed by atoms with van der Waals surface area (Å²) in [4.78, 5) is 0. The lowest BCUT2D eigenvalue weighted by molar-refractivity contribution is 0.212. The van der Waals surface area contributed by atoms with Gasteiger partial charge in [-0.05, 0) is 55.8 Å². The molecule has 0 saturated heterocycles. The molecule has 2 heteroatoms. The van der Waals surface area contributed by atoms with Crippen molar-refractivity contribution in [1.82, 2.24) is 5.32 Å². The Morgan fingerprint density at radius 2 is 2.20 bits per heavy atom. The zero-order valence-electron chi connectivity index (χ0n) is 13.2. The van der Waals surface area contributed by atoms with Crippen molar-refractivity contribution in [3.8, 4) is 5.75 Å². The van der Waals surface area contributed by atoms with Gasteiger partial charge in [-0.3, -0.25) is 0 Å². The van der Waals surface area contributed by atoms with Gasteiger partial charge in [0.15, 0.2) is 0 Å². The molecule has 0 heterocycles. The van der Waals surface area contributed by atoms with Crippen molar-refractivity contribution in [2.75, 3.05) is 14.2 Å². The topological polar surface area (TPSA) is 21.3 Å². The zero-order chi connectivity index (χ0) is 14.4. The van der Waals surface area contributed by atoms with Crippen molar-refractivity contribution in [1.29, 1.82) is 0 Å². The van der Waals surface area contributed by atoms with Gasteiger partial charge in [-0.25, -0.2) is 0 Å². The second-order valence-electron chi connectivity index (χ2n) is 6.15. The molecular weight excluding hydrogens is 246 g/mol. The molecule has 1 aromatic carbocycles. The second-order valence-corrected chi connectivity index (χ2v) is 6.15. The summed E-state index contributed by atoms with van der Waals surface area (Å²) >= 11 is 0. The number of likely N-dealkylation sites (N-methyl/N-ethyl adjacent to an activating group) is 1. The molecule has 1 aromatic rings. The van der Waals surface area contributed by atoms with E-state index in [0.29, 0.717) is 6.04 Å². The van der Waals surface area contributed by atoms with E-state index in [1.165, 1.54) is 37.7 Å². The summed E-state index contributed by atoms with van der Waals surface area (Å²) in [6.45, 7) is 2.34. The first-order chi connectivity index (χ1) is 9.76. The van der Waals surface area contributed by atoms with Crippen LogP contribution in [0, 0.1) is 11.8 Å². The first-order valence-electron chi connectivity index (χ1n) is 8.07. The molecule has 0 spiro atoms. The molecule has 0 radical (unpaired) electrons. The van der Waals surface area contributed by atoms with Gasteiger partial charge in [0.2, 0.25) is 0 Å². The highest BCUT2D eigenvalue weighted by Crippen LogP contribution is 2.33. The van der Waals surface area contributed by atoms with Crippen LogP contribution in [0.4, 0.5) is 0 Å². The molecule has 20 heavy (non-hydrogen) atoms. The Morgan fingerprint density at radius 1 is 1.35 bits per heavy atom. The van der Waals surface area contributed by atoms with Crippen LogP contribution in [-0.4, -0.2) is 20.2 Å². The van der Waals surface area contributed by atoms with Gasteiger partial charge >= 0.3 is 0 Å². The zero-order valence-corrected chi connectivity index (χ0v) is 13.2. The maximum Gasteiger partial charge on any atom is 0.119 e. The van der Waals surface area contributed by atoms with Crippen molar-refractivity contribution in [2.24, 2.45) is 11.8 Å². The fraction of sp³-hybridized carbons (Fsp3) is 0.667. The lowest BCUT2D eigenvalue weighted by Crippen LogP contribution is -2.38. The molecule has 112 valence electrons. The van der Waals surface area contributed by atoms with Crippen molar-refractivity contribution in [3.05, 3.63) is 29.8 Å². The third-order valence-corrected chi connectivity index (χ3v) is 4.93. The third-order valence-electron chi connectivity index (χ3n) is 4.93. The lowest BCUT2D eigenvalue weighted by Gasteiger charge is -2.34. The number of benzene rings is 1. The maximum absolute atomic E-state index is 5.33. The van der Waals surface area contributed by atoms with Crippen molar-refractivity contribution in [3.63, 3.8) is 0 Å². The van der Waals surface area contributed by atoms with Crippen LogP contribution in [-0.2, 0) is 6.42 Å². The number of hydrogen-bond acceptors (Lipinski definition) is 2. The summed E-state index contributed by atoms with van der Waals surface area (Å²) in [5, 5.41) is 3.56. The monoisotopic (exact) mass is 275 g/mol. The van der Waals surface area contributed by atoms with Gasteiger partial charge in [0.1, 0.15) is 5.75 Å². The highest BCUT2D eigenvalue weighted by Gasteiger charge is 2.26. The molecule has 0 aliphatic heterocycles. The first kappa shape index (κ1) is 15.4. The van der Waals surface area contributed by atoms with E-state index in [1.54, 1.807) is 7.11 Å². The molecule has 0 amide bonds. The number of rotatable bonds is 6. The molecule has 2 nitrogen and oxygen atoms in total. The molecule has 1 saturated carbocycles. The normalized spacial score (nSPS) is 24.4. The Labute approximate surface area is 123 Å². The lowest BCUT2D eigenvalue weighted by atomic mass is 9.75. The largest absolute Gasteiger partial charge is 0.497 e. The smallest absolute Gasteiger partial charge is 0.119 e. The Bertz CT molecular complexity index is 404. The highest BCUT2D eigenvalue weighted by molar-refractivity contribution is 5.29. The van der Waals surface area contributed by atoms with Gasteiger partial charge in [0.25, 0.3) is 0 Å². The standard InChI is InChI=1S/C18H29NO/c1-4-14-7-5-9-16(11-14)18(19-2)13-15-8-6-10-17(12-15)20-3/h6,8,10,12,14,16,18-19H,4-5,7,9,11,13H2,1-3H3. The van der Waals surface area contributed by atoms with Crippen LogP contribution < -0.4 is 10.1 Å². The van der Waals surface area contributed by atoms with E-state index >= 15 is 0 Å². The first-order valence-corrected chi connectivity index (χ1v) is 8.07. The van der Waals surface area contributed by atoms with Crippen molar-refractivity contribution < 1.29 is 4.74 Å². The molecule has 1 aliphatic carbocycles. The van der Waals surface area contributed by atoms with E-state index in [1.807, 2.05) is 6.07 Å². The molecule has 2 rings (SSSR count).